The van der Waals surface area contributed by atoms with Crippen LogP contribution in [0.1, 0.15) is 181 Å². The van der Waals surface area contributed by atoms with E-state index in [4.69, 9.17) is 0 Å². The number of unbranched alkanes of at least 4 members (excludes halogenated alkanes) is 18. The van der Waals surface area contributed by atoms with Crippen molar-refractivity contribution < 1.29 is 0 Å². The Morgan fingerprint density at radius 2 is 0.940 bits per heavy atom. The Hall–Kier alpha value is -1.91. The smallest absolute Gasteiger partial charge is 0.0946 e. The summed E-state index contributed by atoms with van der Waals surface area (Å²) in [6.07, 6.45) is 59.9. The van der Waals surface area contributed by atoms with Crippen molar-refractivity contribution in [1.29, 1.82) is 0 Å². The molecule has 0 amide bonds. The average molecular weight is 691 g/mol. The van der Waals surface area contributed by atoms with E-state index >= 15 is 0 Å². The van der Waals surface area contributed by atoms with Gasteiger partial charge in [0.1, 0.15) is 0 Å². The van der Waals surface area contributed by atoms with E-state index in [9.17, 15) is 0 Å². The highest BCUT2D eigenvalue weighted by molar-refractivity contribution is 4.93. The van der Waals surface area contributed by atoms with Gasteiger partial charge in [-0.25, -0.2) is 4.98 Å². The molecule has 50 heavy (non-hydrogen) atoms. The molecule has 0 radical (unpaired) electrons. The third kappa shape index (κ3) is 26.0. The summed E-state index contributed by atoms with van der Waals surface area (Å²) in [6, 6.07) is 0.794. The largest absolute Gasteiger partial charge is 0.336 e. The predicted molar refractivity (Wildman–Crippen MR) is 222 cm³/mol. The third-order valence-corrected chi connectivity index (χ3v) is 10.6. The molecular formula is C46H82N4. The number of piperazine rings is 1. The summed E-state index contributed by atoms with van der Waals surface area (Å²) in [5.74, 6) is 0. The maximum atomic E-state index is 4.21. The third-order valence-electron chi connectivity index (χ3n) is 10.6. The van der Waals surface area contributed by atoms with Gasteiger partial charge in [0, 0.05) is 57.7 Å². The maximum absolute atomic E-state index is 4.21. The highest BCUT2D eigenvalue weighted by Gasteiger charge is 2.23. The number of rotatable bonds is 34. The van der Waals surface area contributed by atoms with Crippen molar-refractivity contribution in [3.63, 3.8) is 0 Å². The Morgan fingerprint density at radius 3 is 1.38 bits per heavy atom. The summed E-state index contributed by atoms with van der Waals surface area (Å²) in [7, 11) is 0. The number of nitrogens with zero attached hydrogens (tertiary/aromatic N) is 4. The first-order chi connectivity index (χ1) is 24.8. The number of aromatic nitrogens is 2. The first-order valence-corrected chi connectivity index (χ1v) is 21.9. The van der Waals surface area contributed by atoms with Crippen LogP contribution in [0, 0.1) is 0 Å². The first kappa shape index (κ1) is 44.3. The molecule has 1 aliphatic rings. The van der Waals surface area contributed by atoms with Gasteiger partial charge in [-0.3, -0.25) is 9.80 Å². The molecule has 0 aromatic carbocycles. The van der Waals surface area contributed by atoms with Gasteiger partial charge in [-0.2, -0.15) is 0 Å². The van der Waals surface area contributed by atoms with Crippen LogP contribution < -0.4 is 0 Å². The lowest BCUT2D eigenvalue weighted by molar-refractivity contribution is 0.0837. The molecule has 1 aromatic heterocycles. The molecule has 2 heterocycles. The SMILES string of the molecule is CCCCC/C=C\C/C=C\CCCCCCCCC(CCCCCCCC/C=C\C/C=C\CCCCC)N1CCN(CCn2ccnc2)CC1. The minimum absolute atomic E-state index is 0.794. The molecule has 0 atom stereocenters. The highest BCUT2D eigenvalue weighted by Crippen LogP contribution is 2.21. The van der Waals surface area contributed by atoms with E-state index in [1.165, 1.54) is 180 Å². The molecular weight excluding hydrogens is 609 g/mol. The number of imidazole rings is 1. The Kier molecular flexibility index (Phi) is 30.3. The second-order valence-electron chi connectivity index (χ2n) is 15.1. The van der Waals surface area contributed by atoms with Crippen LogP contribution >= 0.6 is 0 Å². The van der Waals surface area contributed by atoms with Crippen molar-refractivity contribution in [1.82, 2.24) is 19.4 Å². The molecule has 0 aliphatic carbocycles. The lowest BCUT2D eigenvalue weighted by Crippen LogP contribution is -2.50. The summed E-state index contributed by atoms with van der Waals surface area (Å²) < 4.78 is 2.21. The molecule has 1 fully saturated rings. The van der Waals surface area contributed by atoms with Gasteiger partial charge in [-0.15, -0.1) is 0 Å². The van der Waals surface area contributed by atoms with Crippen molar-refractivity contribution >= 4 is 0 Å². The molecule has 4 nitrogen and oxygen atoms in total. The molecule has 2 rings (SSSR count). The van der Waals surface area contributed by atoms with Crippen LogP contribution in [0.25, 0.3) is 0 Å². The van der Waals surface area contributed by atoms with Crippen molar-refractivity contribution in [2.45, 2.75) is 193 Å². The Bertz CT molecular complexity index is 889. The second-order valence-corrected chi connectivity index (χ2v) is 15.1. The first-order valence-electron chi connectivity index (χ1n) is 21.9. The summed E-state index contributed by atoms with van der Waals surface area (Å²) in [5, 5.41) is 0. The van der Waals surface area contributed by atoms with Gasteiger partial charge >= 0.3 is 0 Å². The Balaban J connectivity index is 1.56. The maximum Gasteiger partial charge on any atom is 0.0946 e. The minimum Gasteiger partial charge on any atom is -0.336 e. The zero-order valence-corrected chi connectivity index (χ0v) is 33.3. The second kappa shape index (κ2) is 34.2. The lowest BCUT2D eigenvalue weighted by Gasteiger charge is -2.39. The van der Waals surface area contributed by atoms with Crippen LogP contribution in [0.15, 0.2) is 67.3 Å². The number of hydrogen-bond acceptors (Lipinski definition) is 3. The molecule has 1 aromatic rings. The van der Waals surface area contributed by atoms with Crippen LogP contribution in [-0.2, 0) is 6.54 Å². The van der Waals surface area contributed by atoms with Crippen LogP contribution in [0.4, 0.5) is 0 Å². The zero-order valence-electron chi connectivity index (χ0n) is 33.3. The number of allylic oxidation sites excluding steroid dienone is 8. The minimum atomic E-state index is 0.794. The van der Waals surface area contributed by atoms with Gasteiger partial charge in [-0.1, -0.05) is 152 Å². The van der Waals surface area contributed by atoms with Gasteiger partial charge in [0.25, 0.3) is 0 Å². The average Bonchev–Trinajstić information content (AvgIpc) is 3.67. The Morgan fingerprint density at radius 1 is 0.500 bits per heavy atom. The van der Waals surface area contributed by atoms with E-state index in [0.717, 1.165) is 32.0 Å². The highest BCUT2D eigenvalue weighted by atomic mass is 15.3. The summed E-state index contributed by atoms with van der Waals surface area (Å²) in [6.45, 7) is 11.7. The molecule has 0 spiro atoms. The normalized spacial score (nSPS) is 15.0. The van der Waals surface area contributed by atoms with Crippen LogP contribution in [0.3, 0.4) is 0 Å². The van der Waals surface area contributed by atoms with E-state index in [1.54, 1.807) is 0 Å². The molecule has 0 bridgehead atoms. The molecule has 0 saturated carbocycles. The standard InChI is InChI=1S/C46H82N4/c1-3-5-7-9-11-13-15-17-19-21-23-25-27-29-31-33-35-46(50-43-41-48(42-44-50)39-40-49-38-37-47-45-49)36-34-32-30-28-26-24-22-20-18-16-14-12-10-8-6-4-2/h11-14,17-20,37-38,45-46H,3-10,15-16,21-36,39-44H2,1-2H3/b13-11-,14-12-,19-17-,20-18-. The van der Waals surface area contributed by atoms with Gasteiger partial charge in [0.15, 0.2) is 0 Å². The van der Waals surface area contributed by atoms with Crippen molar-refractivity contribution in [2.75, 3.05) is 32.7 Å². The topological polar surface area (TPSA) is 24.3 Å². The predicted octanol–water partition coefficient (Wildman–Crippen LogP) is 13.3. The molecule has 4 heteroatoms. The van der Waals surface area contributed by atoms with Gasteiger partial charge in [0.05, 0.1) is 6.33 Å². The number of hydrogen-bond donors (Lipinski definition) is 0. The quantitative estimate of drug-likeness (QED) is 0.0531. The fourth-order valence-electron chi connectivity index (χ4n) is 7.27. The Labute approximate surface area is 312 Å². The molecule has 1 aliphatic heterocycles. The molecule has 1 saturated heterocycles. The van der Waals surface area contributed by atoms with E-state index in [-0.39, 0.29) is 0 Å². The van der Waals surface area contributed by atoms with Crippen molar-refractivity contribution in [2.24, 2.45) is 0 Å². The summed E-state index contributed by atoms with van der Waals surface area (Å²) >= 11 is 0. The van der Waals surface area contributed by atoms with Crippen LogP contribution in [-0.4, -0.2) is 58.1 Å². The summed E-state index contributed by atoms with van der Waals surface area (Å²) in [4.78, 5) is 9.74. The van der Waals surface area contributed by atoms with Gasteiger partial charge in [0.2, 0.25) is 0 Å². The van der Waals surface area contributed by atoms with E-state index in [1.807, 2.05) is 12.5 Å². The summed E-state index contributed by atoms with van der Waals surface area (Å²) in [5.41, 5.74) is 0. The van der Waals surface area contributed by atoms with Crippen molar-refractivity contribution in [3.8, 4) is 0 Å². The fourth-order valence-corrected chi connectivity index (χ4v) is 7.27. The molecule has 0 N–H and O–H groups in total. The van der Waals surface area contributed by atoms with E-state index in [2.05, 4.69) is 88.0 Å². The van der Waals surface area contributed by atoms with E-state index < -0.39 is 0 Å². The van der Waals surface area contributed by atoms with Gasteiger partial charge < -0.3 is 4.57 Å². The van der Waals surface area contributed by atoms with E-state index in [0.29, 0.717) is 0 Å². The van der Waals surface area contributed by atoms with Crippen LogP contribution in [0.2, 0.25) is 0 Å². The van der Waals surface area contributed by atoms with Crippen LogP contribution in [0.5, 0.6) is 0 Å². The molecule has 286 valence electrons. The monoisotopic (exact) mass is 691 g/mol. The molecule has 0 unspecified atom stereocenters. The van der Waals surface area contributed by atoms with Gasteiger partial charge in [-0.05, 0) is 77.0 Å². The fraction of sp³-hybridized carbons (Fsp3) is 0.761. The zero-order chi connectivity index (χ0) is 35.4. The van der Waals surface area contributed by atoms with Crippen molar-refractivity contribution in [3.05, 3.63) is 67.3 Å². The lowest BCUT2D eigenvalue weighted by atomic mass is 9.98.